The van der Waals surface area contributed by atoms with E-state index in [1.165, 1.54) is 0 Å². The number of nitrogens with one attached hydrogen (secondary N) is 1. The highest BCUT2D eigenvalue weighted by Crippen LogP contribution is 2.15. The van der Waals surface area contributed by atoms with Gasteiger partial charge in [0.25, 0.3) is 0 Å². The summed E-state index contributed by atoms with van der Waals surface area (Å²) in [5.41, 5.74) is 1.88. The van der Waals surface area contributed by atoms with Gasteiger partial charge in [0.1, 0.15) is 0 Å². The van der Waals surface area contributed by atoms with E-state index in [0.29, 0.717) is 17.4 Å². The van der Waals surface area contributed by atoms with Gasteiger partial charge in [-0.1, -0.05) is 23.7 Å². The van der Waals surface area contributed by atoms with Crippen molar-refractivity contribution in [2.75, 3.05) is 5.32 Å². The Morgan fingerprint density at radius 3 is 2.47 bits per heavy atom. The van der Waals surface area contributed by atoms with E-state index in [2.05, 4.69) is 21.6 Å². The van der Waals surface area contributed by atoms with Gasteiger partial charge >= 0.3 is 0 Å². The molecule has 1 aromatic carbocycles. The van der Waals surface area contributed by atoms with Crippen LogP contribution < -0.4 is 5.32 Å². The third kappa shape index (κ3) is 3.16. The van der Waals surface area contributed by atoms with Gasteiger partial charge in [-0.15, -0.1) is 10.2 Å². The highest BCUT2D eigenvalue weighted by atomic mass is 35.5. The Labute approximate surface area is 104 Å². The number of nitrogens with zero attached hydrogens (tertiary/aromatic N) is 3. The van der Waals surface area contributed by atoms with Gasteiger partial charge in [0, 0.05) is 5.69 Å². The first-order valence-electron chi connectivity index (χ1n) is 5.00. The lowest BCUT2D eigenvalue weighted by Gasteiger charge is -2.04. The predicted octanol–water partition coefficient (Wildman–Crippen LogP) is 2.94. The largest absolute Gasteiger partial charge is 0.339 e. The third-order valence-electron chi connectivity index (χ3n) is 2.14. The van der Waals surface area contributed by atoms with Gasteiger partial charge < -0.3 is 5.32 Å². The molecule has 0 aliphatic carbocycles. The maximum Gasteiger partial charge on any atom is 0.153 e. The molecule has 0 unspecified atom stereocenters. The molecule has 0 spiro atoms. The Morgan fingerprint density at radius 1 is 1.12 bits per heavy atom. The van der Waals surface area contributed by atoms with Crippen molar-refractivity contribution in [1.82, 2.24) is 10.2 Å². The van der Waals surface area contributed by atoms with Crippen LogP contribution in [0.5, 0.6) is 0 Å². The molecule has 5 heteroatoms. The summed E-state index contributed by atoms with van der Waals surface area (Å²) in [7, 11) is 0. The van der Waals surface area contributed by atoms with Gasteiger partial charge in [0.15, 0.2) is 11.0 Å². The molecule has 0 atom stereocenters. The monoisotopic (exact) mass is 244 g/mol. The number of aromatic nitrogens is 2. The number of rotatable bonds is 3. The van der Waals surface area contributed by atoms with Gasteiger partial charge in [-0.05, 0) is 29.8 Å². The van der Waals surface area contributed by atoms with Crippen molar-refractivity contribution in [1.29, 1.82) is 5.26 Å². The van der Waals surface area contributed by atoms with Gasteiger partial charge in [-0.2, -0.15) is 5.26 Å². The average molecular weight is 245 g/mol. The van der Waals surface area contributed by atoms with E-state index < -0.39 is 0 Å². The molecule has 2 rings (SSSR count). The fourth-order valence-electron chi connectivity index (χ4n) is 1.33. The van der Waals surface area contributed by atoms with E-state index in [1.807, 2.05) is 24.3 Å². The standard InChI is InChI=1S/C12H9ClN4/c13-11-5-6-12(17-16-11)15-10-3-1-9(2-4-10)7-8-14/h1-6H,7H2,(H,15,17). The summed E-state index contributed by atoms with van der Waals surface area (Å²) in [5.74, 6) is 0.627. The fourth-order valence-corrected chi connectivity index (χ4v) is 1.43. The Balaban J connectivity index is 2.09. The smallest absolute Gasteiger partial charge is 0.153 e. The van der Waals surface area contributed by atoms with E-state index >= 15 is 0 Å². The van der Waals surface area contributed by atoms with Crippen LogP contribution in [0.2, 0.25) is 5.15 Å². The van der Waals surface area contributed by atoms with E-state index in [0.717, 1.165) is 11.3 Å². The second kappa shape index (κ2) is 5.28. The molecule has 4 nitrogen and oxygen atoms in total. The first-order chi connectivity index (χ1) is 8.28. The summed E-state index contributed by atoms with van der Waals surface area (Å²) in [5, 5.41) is 19.6. The number of hydrogen-bond acceptors (Lipinski definition) is 4. The molecule has 0 aliphatic heterocycles. The molecule has 0 aliphatic rings. The van der Waals surface area contributed by atoms with E-state index in [-0.39, 0.29) is 0 Å². The number of hydrogen-bond donors (Lipinski definition) is 1. The van der Waals surface area contributed by atoms with Crippen LogP contribution in [0.4, 0.5) is 11.5 Å². The van der Waals surface area contributed by atoms with E-state index in [1.54, 1.807) is 12.1 Å². The van der Waals surface area contributed by atoms with Crippen LogP contribution in [-0.4, -0.2) is 10.2 Å². The average Bonchev–Trinajstić information content (AvgIpc) is 2.35. The van der Waals surface area contributed by atoms with Crippen LogP contribution in [0.1, 0.15) is 5.56 Å². The highest BCUT2D eigenvalue weighted by Gasteiger charge is 1.97. The van der Waals surface area contributed by atoms with Crippen LogP contribution in [0.15, 0.2) is 36.4 Å². The molecule has 0 bridgehead atoms. The van der Waals surface area contributed by atoms with Crippen molar-refractivity contribution in [3.63, 3.8) is 0 Å². The summed E-state index contributed by atoms with van der Waals surface area (Å²) >= 11 is 5.64. The lowest BCUT2D eigenvalue weighted by molar-refractivity contribution is 1.04. The summed E-state index contributed by atoms with van der Waals surface area (Å²) in [4.78, 5) is 0. The van der Waals surface area contributed by atoms with Crippen molar-refractivity contribution in [3.05, 3.63) is 47.1 Å². The quantitative estimate of drug-likeness (QED) is 0.902. The Kier molecular flexibility index (Phi) is 3.53. The molecule has 1 heterocycles. The van der Waals surface area contributed by atoms with Crippen molar-refractivity contribution < 1.29 is 0 Å². The minimum atomic E-state index is 0.361. The molecule has 17 heavy (non-hydrogen) atoms. The predicted molar refractivity (Wildman–Crippen MR) is 66.1 cm³/mol. The van der Waals surface area contributed by atoms with Crippen LogP contribution in [0.25, 0.3) is 0 Å². The summed E-state index contributed by atoms with van der Waals surface area (Å²) < 4.78 is 0. The van der Waals surface area contributed by atoms with Crippen LogP contribution in [-0.2, 0) is 6.42 Å². The molecule has 0 amide bonds. The summed E-state index contributed by atoms with van der Waals surface area (Å²) in [6, 6.07) is 13.1. The molecule has 0 fully saturated rings. The molecule has 0 saturated heterocycles. The maximum atomic E-state index is 8.55. The topological polar surface area (TPSA) is 61.6 Å². The van der Waals surface area contributed by atoms with Crippen LogP contribution in [0.3, 0.4) is 0 Å². The summed E-state index contributed by atoms with van der Waals surface area (Å²) in [6.07, 6.45) is 0.418. The molecular weight excluding hydrogens is 236 g/mol. The van der Waals surface area contributed by atoms with Gasteiger partial charge in [-0.3, -0.25) is 0 Å². The normalized spacial score (nSPS) is 9.65. The second-order valence-electron chi connectivity index (χ2n) is 3.40. The van der Waals surface area contributed by atoms with E-state index in [4.69, 9.17) is 16.9 Å². The number of nitriles is 1. The van der Waals surface area contributed by atoms with Gasteiger partial charge in [0.05, 0.1) is 12.5 Å². The maximum absolute atomic E-state index is 8.55. The van der Waals surface area contributed by atoms with Crippen molar-refractivity contribution >= 4 is 23.1 Å². The van der Waals surface area contributed by atoms with Crippen LogP contribution in [0, 0.1) is 11.3 Å². The fraction of sp³-hybridized carbons (Fsp3) is 0.0833. The van der Waals surface area contributed by atoms with Gasteiger partial charge in [-0.25, -0.2) is 0 Å². The molecule has 1 N–H and O–H groups in total. The van der Waals surface area contributed by atoms with E-state index in [9.17, 15) is 0 Å². The molecule has 1 aromatic heterocycles. The zero-order chi connectivity index (χ0) is 12.1. The number of halogens is 1. The zero-order valence-corrected chi connectivity index (χ0v) is 9.65. The second-order valence-corrected chi connectivity index (χ2v) is 3.79. The lowest BCUT2D eigenvalue weighted by Crippen LogP contribution is -1.95. The SMILES string of the molecule is N#CCc1ccc(Nc2ccc(Cl)nn2)cc1. The first-order valence-corrected chi connectivity index (χ1v) is 5.38. The third-order valence-corrected chi connectivity index (χ3v) is 2.34. The van der Waals surface area contributed by atoms with Crippen molar-refractivity contribution in [3.8, 4) is 6.07 Å². The number of anilines is 2. The minimum Gasteiger partial charge on any atom is -0.339 e. The molecular formula is C12H9ClN4. The Hall–Kier alpha value is -2.12. The molecule has 84 valence electrons. The molecule has 0 saturated carbocycles. The van der Waals surface area contributed by atoms with Gasteiger partial charge in [0.2, 0.25) is 0 Å². The van der Waals surface area contributed by atoms with Crippen molar-refractivity contribution in [2.24, 2.45) is 0 Å². The zero-order valence-electron chi connectivity index (χ0n) is 8.89. The van der Waals surface area contributed by atoms with Crippen LogP contribution >= 0.6 is 11.6 Å². The number of benzene rings is 1. The Morgan fingerprint density at radius 2 is 1.88 bits per heavy atom. The summed E-state index contributed by atoms with van der Waals surface area (Å²) in [6.45, 7) is 0. The molecule has 0 radical (unpaired) electrons. The minimum absolute atomic E-state index is 0.361. The molecule has 2 aromatic rings. The Bertz CT molecular complexity index is 528. The first kappa shape index (κ1) is 11.4. The lowest BCUT2D eigenvalue weighted by atomic mass is 10.1. The van der Waals surface area contributed by atoms with Crippen molar-refractivity contribution in [2.45, 2.75) is 6.42 Å². The highest BCUT2D eigenvalue weighted by molar-refractivity contribution is 6.29.